The summed E-state index contributed by atoms with van der Waals surface area (Å²) in [6, 6.07) is 4.43. The van der Waals surface area contributed by atoms with E-state index >= 15 is 0 Å². The van der Waals surface area contributed by atoms with E-state index in [0.717, 1.165) is 11.3 Å². The van der Waals surface area contributed by atoms with E-state index in [1.54, 1.807) is 18.3 Å². The fraction of sp³-hybridized carbons (Fsp3) is 0.286. The van der Waals surface area contributed by atoms with E-state index in [0.29, 0.717) is 11.4 Å². The summed E-state index contributed by atoms with van der Waals surface area (Å²) in [6.07, 6.45) is 1.71. The van der Waals surface area contributed by atoms with E-state index in [1.165, 1.54) is 13.2 Å². The number of rotatable bonds is 3. The van der Waals surface area contributed by atoms with Crippen LogP contribution in [0.4, 0.5) is 4.39 Å². The Balaban J connectivity index is 2.45. The Bertz CT molecular complexity index is 599. The second-order valence-corrected chi connectivity index (χ2v) is 4.37. The first-order chi connectivity index (χ1) is 9.02. The predicted molar refractivity (Wildman–Crippen MR) is 71.3 cm³/mol. The average molecular weight is 261 g/mol. The number of aryl methyl sites for hydroxylation is 1. The second kappa shape index (κ2) is 5.32. The van der Waals surface area contributed by atoms with Crippen LogP contribution in [0.5, 0.6) is 5.75 Å². The van der Waals surface area contributed by atoms with Crippen molar-refractivity contribution in [1.29, 1.82) is 0 Å². The molecular weight excluding hydrogens is 245 g/mol. The van der Waals surface area contributed by atoms with Gasteiger partial charge in [0.15, 0.2) is 17.4 Å². The molecule has 4 nitrogen and oxygen atoms in total. The standard InChI is InChI=1S/C14H16FN3O/c1-8(16)11-7-17-14(18-9(11)2)10-4-5-12(15)13(6-10)19-3/h4-8H,16H2,1-3H3/t8-/m1/s1. The Morgan fingerprint density at radius 1 is 1.37 bits per heavy atom. The molecular formula is C14H16FN3O. The molecule has 2 aromatic rings. The maximum Gasteiger partial charge on any atom is 0.165 e. The maximum absolute atomic E-state index is 13.4. The average Bonchev–Trinajstić information content (AvgIpc) is 2.38. The van der Waals surface area contributed by atoms with Crippen LogP contribution in [0, 0.1) is 12.7 Å². The molecule has 1 atom stereocenters. The van der Waals surface area contributed by atoms with Crippen LogP contribution in [0.25, 0.3) is 11.4 Å². The Morgan fingerprint density at radius 2 is 2.11 bits per heavy atom. The lowest BCUT2D eigenvalue weighted by Gasteiger charge is -2.10. The van der Waals surface area contributed by atoms with Gasteiger partial charge in [-0.1, -0.05) is 0 Å². The first-order valence-electron chi connectivity index (χ1n) is 5.96. The third kappa shape index (κ3) is 2.71. The Kier molecular flexibility index (Phi) is 3.76. The number of hydrogen-bond donors (Lipinski definition) is 1. The van der Waals surface area contributed by atoms with Crippen LogP contribution in [-0.2, 0) is 0 Å². The summed E-state index contributed by atoms with van der Waals surface area (Å²) in [4.78, 5) is 8.67. The molecule has 100 valence electrons. The van der Waals surface area contributed by atoms with Gasteiger partial charge in [0.25, 0.3) is 0 Å². The molecule has 0 unspecified atom stereocenters. The van der Waals surface area contributed by atoms with Gasteiger partial charge in [-0.25, -0.2) is 14.4 Å². The normalized spacial score (nSPS) is 12.3. The lowest BCUT2D eigenvalue weighted by Crippen LogP contribution is -2.09. The summed E-state index contributed by atoms with van der Waals surface area (Å²) in [6.45, 7) is 3.76. The van der Waals surface area contributed by atoms with Gasteiger partial charge in [0.05, 0.1) is 7.11 Å². The molecule has 0 amide bonds. The number of halogens is 1. The van der Waals surface area contributed by atoms with Crippen LogP contribution in [-0.4, -0.2) is 17.1 Å². The minimum atomic E-state index is -0.407. The SMILES string of the molecule is COc1cc(-c2ncc([C@@H](C)N)c(C)n2)ccc1F. The molecule has 5 heteroatoms. The number of nitrogens with two attached hydrogens (primary N) is 1. The van der Waals surface area contributed by atoms with Gasteiger partial charge in [-0.3, -0.25) is 0 Å². The van der Waals surface area contributed by atoms with E-state index in [9.17, 15) is 4.39 Å². The molecule has 0 aliphatic carbocycles. The molecule has 1 aromatic carbocycles. The van der Waals surface area contributed by atoms with Gasteiger partial charge in [-0.2, -0.15) is 0 Å². The van der Waals surface area contributed by atoms with E-state index in [-0.39, 0.29) is 11.8 Å². The molecule has 1 aromatic heterocycles. The van der Waals surface area contributed by atoms with Gasteiger partial charge < -0.3 is 10.5 Å². The van der Waals surface area contributed by atoms with Crippen molar-refractivity contribution in [1.82, 2.24) is 9.97 Å². The van der Waals surface area contributed by atoms with Crippen LogP contribution in [0.3, 0.4) is 0 Å². The van der Waals surface area contributed by atoms with Crippen molar-refractivity contribution in [3.63, 3.8) is 0 Å². The second-order valence-electron chi connectivity index (χ2n) is 4.37. The molecule has 0 saturated heterocycles. The first-order valence-corrected chi connectivity index (χ1v) is 5.96. The number of aromatic nitrogens is 2. The number of hydrogen-bond acceptors (Lipinski definition) is 4. The maximum atomic E-state index is 13.4. The van der Waals surface area contributed by atoms with Gasteiger partial charge in [-0.05, 0) is 32.0 Å². The van der Waals surface area contributed by atoms with Crippen LogP contribution >= 0.6 is 0 Å². The molecule has 2 rings (SSSR count). The summed E-state index contributed by atoms with van der Waals surface area (Å²) in [5.74, 6) is 0.297. The van der Waals surface area contributed by atoms with Crippen molar-refractivity contribution in [2.24, 2.45) is 5.73 Å². The highest BCUT2D eigenvalue weighted by atomic mass is 19.1. The lowest BCUT2D eigenvalue weighted by atomic mass is 10.1. The Labute approximate surface area is 111 Å². The monoisotopic (exact) mass is 261 g/mol. The van der Waals surface area contributed by atoms with Crippen molar-refractivity contribution in [3.05, 3.63) is 41.5 Å². The summed E-state index contributed by atoms with van der Waals surface area (Å²) in [7, 11) is 1.42. The molecule has 2 N–H and O–H groups in total. The molecule has 0 fully saturated rings. The third-order valence-corrected chi connectivity index (χ3v) is 2.92. The van der Waals surface area contributed by atoms with Crippen molar-refractivity contribution >= 4 is 0 Å². The van der Waals surface area contributed by atoms with E-state index in [4.69, 9.17) is 10.5 Å². The lowest BCUT2D eigenvalue weighted by molar-refractivity contribution is 0.386. The van der Waals surface area contributed by atoms with Gasteiger partial charge in [0, 0.05) is 29.1 Å². The predicted octanol–water partition coefficient (Wildman–Crippen LogP) is 2.62. The van der Waals surface area contributed by atoms with Gasteiger partial charge in [0.1, 0.15) is 0 Å². The van der Waals surface area contributed by atoms with E-state index < -0.39 is 5.82 Å². The molecule has 0 bridgehead atoms. The fourth-order valence-corrected chi connectivity index (χ4v) is 1.86. The highest BCUT2D eigenvalue weighted by Gasteiger charge is 2.10. The first kappa shape index (κ1) is 13.4. The van der Waals surface area contributed by atoms with E-state index in [2.05, 4.69) is 9.97 Å². The summed E-state index contributed by atoms with van der Waals surface area (Å²) >= 11 is 0. The van der Waals surface area contributed by atoms with Crippen LogP contribution in [0.1, 0.15) is 24.2 Å². The highest BCUT2D eigenvalue weighted by Crippen LogP contribution is 2.25. The number of benzene rings is 1. The summed E-state index contributed by atoms with van der Waals surface area (Å²) < 4.78 is 18.3. The van der Waals surface area contributed by atoms with Gasteiger partial charge >= 0.3 is 0 Å². The van der Waals surface area contributed by atoms with Crippen molar-refractivity contribution in [3.8, 4) is 17.1 Å². The van der Waals surface area contributed by atoms with Crippen molar-refractivity contribution in [2.75, 3.05) is 7.11 Å². The summed E-state index contributed by atoms with van der Waals surface area (Å²) in [5, 5.41) is 0. The molecule has 0 saturated carbocycles. The number of nitrogens with zero attached hydrogens (tertiary/aromatic N) is 2. The molecule has 0 aliphatic heterocycles. The molecule has 0 radical (unpaired) electrons. The molecule has 1 heterocycles. The molecule has 0 spiro atoms. The largest absolute Gasteiger partial charge is 0.494 e. The van der Waals surface area contributed by atoms with Crippen LogP contribution in [0.15, 0.2) is 24.4 Å². The van der Waals surface area contributed by atoms with Gasteiger partial charge in [-0.15, -0.1) is 0 Å². The topological polar surface area (TPSA) is 61.0 Å². The van der Waals surface area contributed by atoms with Gasteiger partial charge in [0.2, 0.25) is 0 Å². The zero-order chi connectivity index (χ0) is 14.0. The molecule has 0 aliphatic rings. The third-order valence-electron chi connectivity index (χ3n) is 2.92. The Hall–Kier alpha value is -2.01. The van der Waals surface area contributed by atoms with Crippen molar-refractivity contribution < 1.29 is 9.13 Å². The summed E-state index contributed by atoms with van der Waals surface area (Å²) in [5.41, 5.74) is 8.25. The number of ether oxygens (including phenoxy) is 1. The Morgan fingerprint density at radius 3 is 2.68 bits per heavy atom. The minimum absolute atomic E-state index is 0.114. The molecule has 19 heavy (non-hydrogen) atoms. The highest BCUT2D eigenvalue weighted by molar-refractivity contribution is 5.58. The smallest absolute Gasteiger partial charge is 0.165 e. The van der Waals surface area contributed by atoms with Crippen LogP contribution in [0.2, 0.25) is 0 Å². The quantitative estimate of drug-likeness (QED) is 0.922. The zero-order valence-corrected chi connectivity index (χ0v) is 11.1. The fourth-order valence-electron chi connectivity index (χ4n) is 1.86. The zero-order valence-electron chi connectivity index (χ0n) is 11.1. The van der Waals surface area contributed by atoms with E-state index in [1.807, 2.05) is 13.8 Å². The number of methoxy groups -OCH3 is 1. The van der Waals surface area contributed by atoms with Crippen molar-refractivity contribution in [2.45, 2.75) is 19.9 Å². The van der Waals surface area contributed by atoms with Crippen LogP contribution < -0.4 is 10.5 Å². The minimum Gasteiger partial charge on any atom is -0.494 e.